The minimum absolute atomic E-state index is 0.0282. The first-order chi connectivity index (χ1) is 16.7. The van der Waals surface area contributed by atoms with E-state index < -0.39 is 0 Å². The summed E-state index contributed by atoms with van der Waals surface area (Å²) in [6, 6.07) is 25.1. The Balaban J connectivity index is 1.14. The van der Waals surface area contributed by atoms with E-state index in [-0.39, 0.29) is 5.91 Å². The molecule has 0 aromatic heterocycles. The number of hydrogen-bond donors (Lipinski definition) is 1. The zero-order chi connectivity index (χ0) is 23.6. The van der Waals surface area contributed by atoms with Gasteiger partial charge in [-0.3, -0.25) is 4.79 Å². The SMILES string of the molecule is COc1ccc(OC[C@H]2CC[C@@H](CNC(=O)c3ccc(OCc4ccccc4)cc3)CC2)cc1. The van der Waals surface area contributed by atoms with Gasteiger partial charge in [-0.2, -0.15) is 0 Å². The number of benzene rings is 3. The summed E-state index contributed by atoms with van der Waals surface area (Å²) >= 11 is 0. The molecule has 1 saturated carbocycles. The molecule has 5 nitrogen and oxygen atoms in total. The van der Waals surface area contributed by atoms with Crippen LogP contribution in [0, 0.1) is 11.8 Å². The van der Waals surface area contributed by atoms with Crippen LogP contribution >= 0.6 is 0 Å². The standard InChI is InChI=1S/C29H33NO4/c1-32-26-15-17-28(18-16-26)34-21-24-9-7-22(8-10-24)19-30-29(31)25-11-13-27(14-12-25)33-20-23-5-3-2-4-6-23/h2-6,11-18,22,24H,7-10,19-21H2,1H3,(H,30,31)/t22-,24+. The van der Waals surface area contributed by atoms with Crippen molar-refractivity contribution < 1.29 is 19.0 Å². The Bertz CT molecular complexity index is 1010. The normalized spacial score (nSPS) is 17.6. The number of methoxy groups -OCH3 is 1. The van der Waals surface area contributed by atoms with Crippen LogP contribution in [0.1, 0.15) is 41.6 Å². The van der Waals surface area contributed by atoms with Gasteiger partial charge in [0.1, 0.15) is 23.9 Å². The number of ether oxygens (including phenoxy) is 3. The summed E-state index contributed by atoms with van der Waals surface area (Å²) in [5, 5.41) is 3.11. The molecular formula is C29H33NO4. The Kier molecular flexibility index (Phi) is 8.44. The fourth-order valence-electron chi connectivity index (χ4n) is 4.27. The largest absolute Gasteiger partial charge is 0.497 e. The molecule has 1 N–H and O–H groups in total. The molecular weight excluding hydrogens is 426 g/mol. The smallest absolute Gasteiger partial charge is 0.251 e. The fourth-order valence-corrected chi connectivity index (χ4v) is 4.27. The molecule has 1 fully saturated rings. The molecule has 1 amide bonds. The Labute approximate surface area is 202 Å². The third-order valence-electron chi connectivity index (χ3n) is 6.43. The molecule has 1 aliphatic carbocycles. The quantitative estimate of drug-likeness (QED) is 0.411. The van der Waals surface area contributed by atoms with Gasteiger partial charge in [-0.15, -0.1) is 0 Å². The van der Waals surface area contributed by atoms with E-state index in [1.54, 1.807) is 7.11 Å². The molecule has 0 atom stereocenters. The van der Waals surface area contributed by atoms with Crippen LogP contribution in [0.5, 0.6) is 17.2 Å². The minimum atomic E-state index is -0.0282. The number of hydrogen-bond acceptors (Lipinski definition) is 4. The summed E-state index contributed by atoms with van der Waals surface area (Å²) in [6.07, 6.45) is 4.49. The molecule has 0 radical (unpaired) electrons. The number of rotatable bonds is 10. The van der Waals surface area contributed by atoms with Gasteiger partial charge in [0.25, 0.3) is 5.91 Å². The average Bonchev–Trinajstić information content (AvgIpc) is 2.91. The summed E-state index contributed by atoms with van der Waals surface area (Å²) in [6.45, 7) is 1.97. The monoisotopic (exact) mass is 459 g/mol. The van der Waals surface area contributed by atoms with Gasteiger partial charge in [0.05, 0.1) is 13.7 Å². The van der Waals surface area contributed by atoms with Crippen LogP contribution in [-0.2, 0) is 6.61 Å². The highest BCUT2D eigenvalue weighted by Gasteiger charge is 2.22. The lowest BCUT2D eigenvalue weighted by molar-refractivity contribution is 0.0938. The van der Waals surface area contributed by atoms with E-state index in [1.807, 2.05) is 78.9 Å². The number of carbonyl (C=O) groups is 1. The maximum absolute atomic E-state index is 12.6. The summed E-state index contributed by atoms with van der Waals surface area (Å²) in [5.41, 5.74) is 1.78. The molecule has 178 valence electrons. The van der Waals surface area contributed by atoms with E-state index in [9.17, 15) is 4.79 Å². The summed E-state index contributed by atoms with van der Waals surface area (Å²) < 4.78 is 16.9. The van der Waals surface area contributed by atoms with Gasteiger partial charge in [0.15, 0.2) is 0 Å². The van der Waals surface area contributed by atoms with Crippen LogP contribution in [0.25, 0.3) is 0 Å². The first-order valence-electron chi connectivity index (χ1n) is 12.0. The number of nitrogens with one attached hydrogen (secondary N) is 1. The number of amides is 1. The lowest BCUT2D eigenvalue weighted by Gasteiger charge is -2.28. The second-order valence-corrected chi connectivity index (χ2v) is 8.88. The fraction of sp³-hybridized carbons (Fsp3) is 0.345. The predicted molar refractivity (Wildman–Crippen MR) is 133 cm³/mol. The van der Waals surface area contributed by atoms with Crippen molar-refractivity contribution in [3.8, 4) is 17.2 Å². The van der Waals surface area contributed by atoms with E-state index in [4.69, 9.17) is 14.2 Å². The maximum Gasteiger partial charge on any atom is 0.251 e. The zero-order valence-electron chi connectivity index (χ0n) is 19.7. The first kappa shape index (κ1) is 23.7. The molecule has 1 aliphatic rings. The summed E-state index contributed by atoms with van der Waals surface area (Å²) in [4.78, 5) is 12.6. The Morgan fingerprint density at radius 3 is 2.03 bits per heavy atom. The van der Waals surface area contributed by atoms with Crippen molar-refractivity contribution in [2.24, 2.45) is 11.8 Å². The summed E-state index contributed by atoms with van der Waals surface area (Å²) in [5.74, 6) is 3.54. The molecule has 3 aromatic carbocycles. The van der Waals surface area contributed by atoms with E-state index in [1.165, 1.54) is 0 Å². The van der Waals surface area contributed by atoms with Crippen LogP contribution in [0.3, 0.4) is 0 Å². The van der Waals surface area contributed by atoms with Gasteiger partial charge >= 0.3 is 0 Å². The highest BCUT2D eigenvalue weighted by molar-refractivity contribution is 5.94. The van der Waals surface area contributed by atoms with Gasteiger partial charge in [0, 0.05) is 12.1 Å². The minimum Gasteiger partial charge on any atom is -0.497 e. The van der Waals surface area contributed by atoms with E-state index in [0.29, 0.717) is 24.0 Å². The van der Waals surface area contributed by atoms with Crippen molar-refractivity contribution in [1.29, 1.82) is 0 Å². The molecule has 0 unspecified atom stereocenters. The van der Waals surface area contributed by atoms with Crippen molar-refractivity contribution in [2.45, 2.75) is 32.3 Å². The maximum atomic E-state index is 12.6. The Hall–Kier alpha value is -3.47. The van der Waals surface area contributed by atoms with Crippen LogP contribution in [-0.4, -0.2) is 26.2 Å². The van der Waals surface area contributed by atoms with E-state index >= 15 is 0 Å². The highest BCUT2D eigenvalue weighted by atomic mass is 16.5. The average molecular weight is 460 g/mol. The first-order valence-corrected chi connectivity index (χ1v) is 12.0. The van der Waals surface area contributed by atoms with Crippen molar-refractivity contribution in [3.05, 3.63) is 90.0 Å². The zero-order valence-corrected chi connectivity index (χ0v) is 19.7. The molecule has 3 aromatic rings. The second kappa shape index (κ2) is 12.1. The van der Waals surface area contributed by atoms with Gasteiger partial charge < -0.3 is 19.5 Å². The van der Waals surface area contributed by atoms with E-state index in [2.05, 4.69) is 5.32 Å². The van der Waals surface area contributed by atoms with E-state index in [0.717, 1.165) is 61.6 Å². The lowest BCUT2D eigenvalue weighted by atomic mass is 9.82. The van der Waals surface area contributed by atoms with Gasteiger partial charge in [-0.25, -0.2) is 0 Å². The van der Waals surface area contributed by atoms with Crippen molar-refractivity contribution in [1.82, 2.24) is 5.32 Å². The second-order valence-electron chi connectivity index (χ2n) is 8.88. The molecule has 0 heterocycles. The Morgan fingerprint density at radius 2 is 1.35 bits per heavy atom. The van der Waals surface area contributed by atoms with Gasteiger partial charge in [-0.05, 0) is 91.6 Å². The van der Waals surface area contributed by atoms with Crippen molar-refractivity contribution in [2.75, 3.05) is 20.3 Å². The lowest BCUT2D eigenvalue weighted by Crippen LogP contribution is -2.32. The number of carbonyl (C=O) groups excluding carboxylic acids is 1. The molecule has 0 saturated heterocycles. The Morgan fingerprint density at radius 1 is 0.765 bits per heavy atom. The topological polar surface area (TPSA) is 56.8 Å². The third kappa shape index (κ3) is 7.01. The van der Waals surface area contributed by atoms with Crippen molar-refractivity contribution >= 4 is 5.91 Å². The molecule has 4 rings (SSSR count). The van der Waals surface area contributed by atoms with Crippen LogP contribution in [0.2, 0.25) is 0 Å². The van der Waals surface area contributed by atoms with Gasteiger partial charge in [-0.1, -0.05) is 30.3 Å². The molecule has 0 spiro atoms. The van der Waals surface area contributed by atoms with Gasteiger partial charge in [0.2, 0.25) is 0 Å². The third-order valence-corrected chi connectivity index (χ3v) is 6.43. The molecule has 0 aliphatic heterocycles. The molecule has 34 heavy (non-hydrogen) atoms. The van der Waals surface area contributed by atoms with Crippen LogP contribution in [0.4, 0.5) is 0 Å². The summed E-state index contributed by atoms with van der Waals surface area (Å²) in [7, 11) is 1.66. The van der Waals surface area contributed by atoms with Crippen LogP contribution < -0.4 is 19.5 Å². The highest BCUT2D eigenvalue weighted by Crippen LogP contribution is 2.29. The molecule has 0 bridgehead atoms. The van der Waals surface area contributed by atoms with Crippen molar-refractivity contribution in [3.63, 3.8) is 0 Å². The predicted octanol–water partition coefficient (Wildman–Crippen LogP) is 5.89. The molecule has 5 heteroatoms. The van der Waals surface area contributed by atoms with Crippen LogP contribution in [0.15, 0.2) is 78.9 Å².